The molecule has 1 spiro atoms. The van der Waals surface area contributed by atoms with Crippen molar-refractivity contribution in [3.63, 3.8) is 0 Å². The number of rotatable bonds is 3. The highest BCUT2D eigenvalue weighted by Gasteiger charge is 2.50. The zero-order valence-electron chi connectivity index (χ0n) is 11.7. The molecule has 0 aromatic carbocycles. The molecule has 3 heterocycles. The average molecular weight is 312 g/mol. The van der Waals surface area contributed by atoms with Crippen LogP contribution in [0.3, 0.4) is 0 Å². The second kappa shape index (κ2) is 5.67. The second-order valence-electron chi connectivity index (χ2n) is 5.66. The summed E-state index contributed by atoms with van der Waals surface area (Å²) in [5, 5.41) is 6.78. The van der Waals surface area contributed by atoms with Gasteiger partial charge in [0.15, 0.2) is 5.15 Å². The Bertz CT molecular complexity index is 559. The summed E-state index contributed by atoms with van der Waals surface area (Å²) in [6, 6.07) is 1.61. The molecule has 6 nitrogen and oxygen atoms in total. The monoisotopic (exact) mass is 311 g/mol. The molecular weight excluding hydrogens is 294 g/mol. The summed E-state index contributed by atoms with van der Waals surface area (Å²) in [6.45, 7) is 1.36. The van der Waals surface area contributed by atoms with Crippen molar-refractivity contribution in [1.82, 2.24) is 15.4 Å². The summed E-state index contributed by atoms with van der Waals surface area (Å²) in [4.78, 5) is 26.5. The van der Waals surface area contributed by atoms with Crippen LogP contribution in [-0.2, 0) is 16.0 Å². The van der Waals surface area contributed by atoms with Crippen molar-refractivity contribution in [3.8, 4) is 0 Å². The summed E-state index contributed by atoms with van der Waals surface area (Å²) in [5.74, 6) is 0.592. The van der Waals surface area contributed by atoms with Gasteiger partial charge >= 0.3 is 0 Å². The average Bonchev–Trinajstić information content (AvgIpc) is 3.07. The van der Waals surface area contributed by atoms with E-state index in [1.54, 1.807) is 11.0 Å². The minimum Gasteiger partial charge on any atom is -0.360 e. The molecule has 1 N–H and O–H groups in total. The molecule has 114 valence electrons. The molecular formula is C14H18ClN3O3. The number of likely N-dealkylation sites (tertiary alicyclic amines) is 1. The lowest BCUT2D eigenvalue weighted by atomic mass is 9.86. The van der Waals surface area contributed by atoms with E-state index in [9.17, 15) is 9.59 Å². The third kappa shape index (κ3) is 2.64. The molecule has 0 radical (unpaired) electrons. The van der Waals surface area contributed by atoms with E-state index in [2.05, 4.69) is 10.5 Å². The molecule has 2 aliphatic heterocycles. The summed E-state index contributed by atoms with van der Waals surface area (Å²) >= 11 is 5.69. The highest BCUT2D eigenvalue weighted by Crippen LogP contribution is 2.36. The van der Waals surface area contributed by atoms with Crippen LogP contribution in [0.4, 0.5) is 0 Å². The summed E-state index contributed by atoms with van der Waals surface area (Å²) < 4.78 is 5.00. The van der Waals surface area contributed by atoms with E-state index in [0.717, 1.165) is 25.7 Å². The number of aryl methyl sites for hydroxylation is 1. The van der Waals surface area contributed by atoms with E-state index in [1.807, 2.05) is 0 Å². The summed E-state index contributed by atoms with van der Waals surface area (Å²) in [7, 11) is 0. The van der Waals surface area contributed by atoms with Gasteiger partial charge in [-0.25, -0.2) is 0 Å². The lowest BCUT2D eigenvalue weighted by molar-refractivity contribution is -0.147. The maximum atomic E-state index is 12.5. The Balaban J connectivity index is 1.67. The van der Waals surface area contributed by atoms with Crippen LogP contribution in [0, 0.1) is 0 Å². The quantitative estimate of drug-likeness (QED) is 0.918. The number of nitrogens with one attached hydrogen (secondary N) is 1. The number of hydrogen-bond donors (Lipinski definition) is 1. The van der Waals surface area contributed by atoms with Crippen LogP contribution < -0.4 is 5.32 Å². The van der Waals surface area contributed by atoms with Gasteiger partial charge in [-0.05, 0) is 25.7 Å². The highest BCUT2D eigenvalue weighted by molar-refractivity contribution is 6.29. The Morgan fingerprint density at radius 1 is 1.48 bits per heavy atom. The van der Waals surface area contributed by atoms with E-state index in [4.69, 9.17) is 16.1 Å². The van der Waals surface area contributed by atoms with Gasteiger partial charge in [0.2, 0.25) is 11.8 Å². The van der Waals surface area contributed by atoms with Gasteiger partial charge < -0.3 is 14.7 Å². The molecule has 2 aliphatic rings. The number of amides is 2. The van der Waals surface area contributed by atoms with Gasteiger partial charge in [-0.3, -0.25) is 9.59 Å². The first-order valence-corrected chi connectivity index (χ1v) is 7.69. The zero-order valence-corrected chi connectivity index (χ0v) is 12.5. The number of aromatic nitrogens is 1. The number of carbonyl (C=O) groups is 2. The van der Waals surface area contributed by atoms with Crippen LogP contribution in [0.5, 0.6) is 0 Å². The summed E-state index contributed by atoms with van der Waals surface area (Å²) in [6.07, 6.45) is 4.09. The SMILES string of the molecule is O=C(CCc1cc(Cl)no1)N1CCCC12CCCNC2=O. The normalized spacial score (nSPS) is 25.4. The van der Waals surface area contributed by atoms with E-state index in [1.165, 1.54) is 0 Å². The van der Waals surface area contributed by atoms with E-state index in [0.29, 0.717) is 36.8 Å². The Morgan fingerprint density at radius 2 is 2.29 bits per heavy atom. The van der Waals surface area contributed by atoms with Crippen molar-refractivity contribution >= 4 is 23.4 Å². The summed E-state index contributed by atoms with van der Waals surface area (Å²) in [5.41, 5.74) is -0.617. The molecule has 0 saturated carbocycles. The third-order valence-corrected chi connectivity index (χ3v) is 4.56. The van der Waals surface area contributed by atoms with Crippen molar-refractivity contribution in [3.05, 3.63) is 17.0 Å². The zero-order chi connectivity index (χ0) is 14.9. The lowest BCUT2D eigenvalue weighted by Crippen LogP contribution is -2.60. The molecule has 2 saturated heterocycles. The predicted octanol–water partition coefficient (Wildman–Crippen LogP) is 1.53. The fourth-order valence-electron chi connectivity index (χ4n) is 3.37. The number of halogens is 1. The molecule has 21 heavy (non-hydrogen) atoms. The first-order valence-electron chi connectivity index (χ1n) is 7.32. The standard InChI is InChI=1S/C14H18ClN3O3/c15-11-9-10(21-17-11)3-4-12(19)18-8-2-6-14(18)5-1-7-16-13(14)20/h9H,1-8H2,(H,16,20). The molecule has 7 heteroatoms. The molecule has 1 aromatic heterocycles. The number of nitrogens with zero attached hydrogens (tertiary/aromatic N) is 2. The topological polar surface area (TPSA) is 75.4 Å². The van der Waals surface area contributed by atoms with E-state index >= 15 is 0 Å². The van der Waals surface area contributed by atoms with Crippen molar-refractivity contribution in [2.45, 2.75) is 44.1 Å². The minimum atomic E-state index is -0.617. The molecule has 2 fully saturated rings. The minimum absolute atomic E-state index is 0.00214. The van der Waals surface area contributed by atoms with Crippen LogP contribution in [0.15, 0.2) is 10.6 Å². The molecule has 0 aliphatic carbocycles. The predicted molar refractivity (Wildman–Crippen MR) is 75.8 cm³/mol. The first kappa shape index (κ1) is 14.4. The van der Waals surface area contributed by atoms with Crippen molar-refractivity contribution in [1.29, 1.82) is 0 Å². The van der Waals surface area contributed by atoms with Gasteiger partial charge in [-0.15, -0.1) is 0 Å². The smallest absolute Gasteiger partial charge is 0.245 e. The second-order valence-corrected chi connectivity index (χ2v) is 6.04. The molecule has 1 atom stereocenters. The Kier molecular flexibility index (Phi) is 3.89. The van der Waals surface area contributed by atoms with Crippen molar-refractivity contribution in [2.24, 2.45) is 0 Å². The van der Waals surface area contributed by atoms with Gasteiger partial charge in [0.25, 0.3) is 0 Å². The fraction of sp³-hybridized carbons (Fsp3) is 0.643. The number of piperidine rings is 1. The molecule has 2 amide bonds. The van der Waals surface area contributed by atoms with Crippen LogP contribution >= 0.6 is 11.6 Å². The Labute approximate surface area is 127 Å². The maximum Gasteiger partial charge on any atom is 0.245 e. The molecule has 1 unspecified atom stereocenters. The lowest BCUT2D eigenvalue weighted by Gasteiger charge is -2.40. The number of hydrogen-bond acceptors (Lipinski definition) is 4. The van der Waals surface area contributed by atoms with Crippen molar-refractivity contribution < 1.29 is 14.1 Å². The molecule has 0 bridgehead atoms. The molecule has 3 rings (SSSR count). The van der Waals surface area contributed by atoms with Crippen LogP contribution in [0.2, 0.25) is 5.15 Å². The maximum absolute atomic E-state index is 12.5. The number of carbonyl (C=O) groups excluding carboxylic acids is 2. The van der Waals surface area contributed by atoms with Gasteiger partial charge in [-0.2, -0.15) is 0 Å². The van der Waals surface area contributed by atoms with E-state index < -0.39 is 5.54 Å². The van der Waals surface area contributed by atoms with Gasteiger partial charge in [0, 0.05) is 32.0 Å². The van der Waals surface area contributed by atoms with Gasteiger partial charge in [0.05, 0.1) is 0 Å². The first-order chi connectivity index (χ1) is 10.1. The van der Waals surface area contributed by atoms with Gasteiger partial charge in [0.1, 0.15) is 11.3 Å². The van der Waals surface area contributed by atoms with Crippen molar-refractivity contribution in [2.75, 3.05) is 13.1 Å². The molecule has 1 aromatic rings. The highest BCUT2D eigenvalue weighted by atomic mass is 35.5. The van der Waals surface area contributed by atoms with Crippen LogP contribution in [0.25, 0.3) is 0 Å². The third-order valence-electron chi connectivity index (χ3n) is 4.38. The largest absolute Gasteiger partial charge is 0.360 e. The van der Waals surface area contributed by atoms with Crippen LogP contribution in [-0.4, -0.2) is 40.5 Å². The Morgan fingerprint density at radius 3 is 3.00 bits per heavy atom. The van der Waals surface area contributed by atoms with E-state index in [-0.39, 0.29) is 11.8 Å². The fourth-order valence-corrected chi connectivity index (χ4v) is 3.53. The Hall–Kier alpha value is -1.56. The van der Waals surface area contributed by atoms with Gasteiger partial charge in [-0.1, -0.05) is 16.8 Å². The van der Waals surface area contributed by atoms with Crippen LogP contribution in [0.1, 0.15) is 37.9 Å².